The summed E-state index contributed by atoms with van der Waals surface area (Å²) in [5, 5.41) is 4.26. The van der Waals surface area contributed by atoms with Crippen molar-refractivity contribution in [2.45, 2.75) is 19.9 Å². The molecule has 1 heterocycles. The zero-order chi connectivity index (χ0) is 12.5. The molecule has 18 heavy (non-hydrogen) atoms. The molecule has 0 unspecified atom stereocenters. The quantitative estimate of drug-likeness (QED) is 0.807. The maximum absolute atomic E-state index is 4.26. The lowest BCUT2D eigenvalue weighted by Crippen LogP contribution is -2.22. The molecule has 1 N–H and O–H groups in total. The average Bonchev–Trinajstić information content (AvgIpc) is 2.37. The highest BCUT2D eigenvalue weighted by atomic mass is 15.3. The summed E-state index contributed by atoms with van der Waals surface area (Å²) in [6.07, 6.45) is 1.88. The maximum Gasteiger partial charge on any atom is 0.0946 e. The van der Waals surface area contributed by atoms with E-state index in [1.165, 1.54) is 27.8 Å². The lowest BCUT2D eigenvalue weighted by molar-refractivity contribution is 0.631. The van der Waals surface area contributed by atoms with E-state index in [0.29, 0.717) is 0 Å². The van der Waals surface area contributed by atoms with Gasteiger partial charge in [-0.25, -0.2) is 0 Å². The molecule has 0 aromatic heterocycles. The van der Waals surface area contributed by atoms with Crippen molar-refractivity contribution in [2.75, 3.05) is 0 Å². The first-order valence-corrected chi connectivity index (χ1v) is 6.20. The minimum absolute atomic E-state index is 0.157. The van der Waals surface area contributed by atoms with Crippen molar-refractivity contribution in [1.29, 1.82) is 0 Å². The fraction of sp³-hybridized carbons (Fsp3) is 0.188. The van der Waals surface area contributed by atoms with Crippen LogP contribution < -0.4 is 5.43 Å². The van der Waals surface area contributed by atoms with Gasteiger partial charge in [0.05, 0.1) is 12.3 Å². The number of nitrogens with one attached hydrogen (secondary N) is 1. The minimum atomic E-state index is 0.157. The minimum Gasteiger partial charge on any atom is -0.298 e. The molecule has 2 heteroatoms. The molecular weight excluding hydrogens is 220 g/mol. The number of rotatable bonds is 1. The van der Waals surface area contributed by atoms with E-state index in [0.717, 1.165) is 0 Å². The molecule has 90 valence electrons. The lowest BCUT2D eigenvalue weighted by Gasteiger charge is -2.23. The summed E-state index contributed by atoms with van der Waals surface area (Å²) < 4.78 is 0. The van der Waals surface area contributed by atoms with Gasteiger partial charge in [-0.3, -0.25) is 5.43 Å². The van der Waals surface area contributed by atoms with Gasteiger partial charge in [0.15, 0.2) is 0 Å². The van der Waals surface area contributed by atoms with Crippen molar-refractivity contribution in [3.05, 3.63) is 70.3 Å². The summed E-state index contributed by atoms with van der Waals surface area (Å²) in [6, 6.07) is 15.2. The van der Waals surface area contributed by atoms with Gasteiger partial charge in [0, 0.05) is 5.56 Å². The van der Waals surface area contributed by atoms with Crippen molar-refractivity contribution in [2.24, 2.45) is 5.10 Å². The van der Waals surface area contributed by atoms with Crippen molar-refractivity contribution in [3.63, 3.8) is 0 Å². The smallest absolute Gasteiger partial charge is 0.0946 e. The van der Waals surface area contributed by atoms with E-state index >= 15 is 0 Å². The summed E-state index contributed by atoms with van der Waals surface area (Å²) in [7, 11) is 0. The third-order valence-corrected chi connectivity index (χ3v) is 3.29. The molecule has 2 nitrogen and oxygen atoms in total. The highest BCUT2D eigenvalue weighted by molar-refractivity contribution is 5.83. The maximum atomic E-state index is 4.26. The number of fused-ring (bicyclic) bond motifs is 1. The van der Waals surface area contributed by atoms with E-state index in [4.69, 9.17) is 0 Å². The third kappa shape index (κ3) is 1.90. The molecule has 3 rings (SSSR count). The molecule has 1 aliphatic rings. The number of hydrogen-bond donors (Lipinski definition) is 1. The zero-order valence-electron chi connectivity index (χ0n) is 10.6. The highest BCUT2D eigenvalue weighted by Gasteiger charge is 2.19. The van der Waals surface area contributed by atoms with Crippen molar-refractivity contribution >= 4 is 6.21 Å². The molecule has 0 aliphatic carbocycles. The van der Waals surface area contributed by atoms with Crippen LogP contribution in [0.3, 0.4) is 0 Å². The third-order valence-electron chi connectivity index (χ3n) is 3.29. The summed E-state index contributed by atoms with van der Waals surface area (Å²) in [5.74, 6) is 0. The molecule has 2 aromatic carbocycles. The van der Waals surface area contributed by atoms with Gasteiger partial charge < -0.3 is 0 Å². The van der Waals surface area contributed by atoms with E-state index in [1.54, 1.807) is 0 Å². The fourth-order valence-corrected chi connectivity index (χ4v) is 2.57. The Labute approximate surface area is 107 Å². The van der Waals surface area contributed by atoms with E-state index in [-0.39, 0.29) is 6.04 Å². The van der Waals surface area contributed by atoms with E-state index < -0.39 is 0 Å². The lowest BCUT2D eigenvalue weighted by atomic mass is 9.92. The van der Waals surface area contributed by atoms with Crippen molar-refractivity contribution in [1.82, 2.24) is 5.43 Å². The molecule has 0 fully saturated rings. The van der Waals surface area contributed by atoms with Crippen LogP contribution >= 0.6 is 0 Å². The summed E-state index contributed by atoms with van der Waals surface area (Å²) in [4.78, 5) is 0. The molecule has 0 saturated carbocycles. The van der Waals surface area contributed by atoms with E-state index in [9.17, 15) is 0 Å². The summed E-state index contributed by atoms with van der Waals surface area (Å²) in [5.41, 5.74) is 9.56. The molecule has 2 aromatic rings. The Bertz CT molecular complexity index is 594. The first kappa shape index (κ1) is 11.0. The molecular formula is C16H16N2. The number of hydrogen-bond acceptors (Lipinski definition) is 2. The van der Waals surface area contributed by atoms with Crippen LogP contribution in [-0.2, 0) is 0 Å². The van der Waals surface area contributed by atoms with Gasteiger partial charge >= 0.3 is 0 Å². The largest absolute Gasteiger partial charge is 0.298 e. The second-order valence-electron chi connectivity index (χ2n) is 4.87. The van der Waals surface area contributed by atoms with Gasteiger partial charge in [0.1, 0.15) is 0 Å². The fourth-order valence-electron chi connectivity index (χ4n) is 2.57. The topological polar surface area (TPSA) is 24.4 Å². The predicted octanol–water partition coefficient (Wildman–Crippen LogP) is 3.33. The number of aryl methyl sites for hydroxylation is 2. The van der Waals surface area contributed by atoms with Gasteiger partial charge in [-0.15, -0.1) is 0 Å². The normalized spacial score (nSPS) is 17.1. The molecule has 1 atom stereocenters. The van der Waals surface area contributed by atoms with Crippen LogP contribution in [0.15, 0.2) is 47.6 Å². The van der Waals surface area contributed by atoms with E-state index in [2.05, 4.69) is 66.8 Å². The Morgan fingerprint density at radius 2 is 1.72 bits per heavy atom. The van der Waals surface area contributed by atoms with Crippen LogP contribution in [0.5, 0.6) is 0 Å². The van der Waals surface area contributed by atoms with Crippen LogP contribution in [0.1, 0.15) is 33.9 Å². The molecule has 0 bridgehead atoms. The van der Waals surface area contributed by atoms with Gasteiger partial charge in [-0.2, -0.15) is 5.10 Å². The second kappa shape index (κ2) is 4.30. The standard InChI is InChI=1S/C16H16N2/c1-11-7-12(2)9-14(8-11)16-15-6-4-3-5-13(15)10-17-18-16/h3-10,16,18H,1-2H3/t16-/m0/s1. The van der Waals surface area contributed by atoms with Crippen LogP contribution in [-0.4, -0.2) is 6.21 Å². The van der Waals surface area contributed by atoms with Gasteiger partial charge in [-0.1, -0.05) is 53.6 Å². The van der Waals surface area contributed by atoms with Gasteiger partial charge in [0.25, 0.3) is 0 Å². The zero-order valence-corrected chi connectivity index (χ0v) is 10.6. The first-order chi connectivity index (χ1) is 8.74. The van der Waals surface area contributed by atoms with Crippen molar-refractivity contribution in [3.8, 4) is 0 Å². The highest BCUT2D eigenvalue weighted by Crippen LogP contribution is 2.28. The first-order valence-electron chi connectivity index (χ1n) is 6.20. The van der Waals surface area contributed by atoms with Crippen LogP contribution in [0.2, 0.25) is 0 Å². The predicted molar refractivity (Wildman–Crippen MR) is 74.9 cm³/mol. The van der Waals surface area contributed by atoms with Crippen LogP contribution in [0.4, 0.5) is 0 Å². The summed E-state index contributed by atoms with van der Waals surface area (Å²) >= 11 is 0. The second-order valence-corrected chi connectivity index (χ2v) is 4.87. The Morgan fingerprint density at radius 1 is 1.00 bits per heavy atom. The Morgan fingerprint density at radius 3 is 2.50 bits per heavy atom. The summed E-state index contributed by atoms with van der Waals surface area (Å²) in [6.45, 7) is 4.27. The Kier molecular flexibility index (Phi) is 2.63. The van der Waals surface area contributed by atoms with Crippen LogP contribution in [0, 0.1) is 13.8 Å². The van der Waals surface area contributed by atoms with Crippen LogP contribution in [0.25, 0.3) is 0 Å². The van der Waals surface area contributed by atoms with Gasteiger partial charge in [-0.05, 0) is 25.0 Å². The molecule has 0 spiro atoms. The average molecular weight is 236 g/mol. The van der Waals surface area contributed by atoms with Crippen molar-refractivity contribution < 1.29 is 0 Å². The Balaban J connectivity index is 2.10. The SMILES string of the molecule is Cc1cc(C)cc([C@@H]2NN=Cc3ccccc32)c1. The number of nitrogens with zero attached hydrogens (tertiary/aromatic N) is 1. The molecule has 1 aliphatic heterocycles. The molecule has 0 saturated heterocycles. The molecule has 0 amide bonds. The number of hydrazone groups is 1. The van der Waals surface area contributed by atoms with E-state index in [1.807, 2.05) is 6.21 Å². The molecule has 0 radical (unpaired) electrons. The number of benzene rings is 2. The monoisotopic (exact) mass is 236 g/mol. The van der Waals surface area contributed by atoms with Gasteiger partial charge in [0.2, 0.25) is 0 Å². The Hall–Kier alpha value is -2.09.